The van der Waals surface area contributed by atoms with Crippen molar-refractivity contribution >= 4 is 11.9 Å². The summed E-state index contributed by atoms with van der Waals surface area (Å²) in [7, 11) is 3.99. The average Bonchev–Trinajstić information content (AvgIpc) is 2.79. The molecule has 0 unspecified atom stereocenters. The maximum absolute atomic E-state index is 13.0. The van der Waals surface area contributed by atoms with Crippen LogP contribution in [-0.4, -0.2) is 42.9 Å². The van der Waals surface area contributed by atoms with E-state index in [4.69, 9.17) is 9.47 Å². The van der Waals surface area contributed by atoms with E-state index in [1.165, 1.54) is 0 Å². The second-order valence-corrected chi connectivity index (χ2v) is 8.05. The molecule has 0 saturated carbocycles. The second-order valence-electron chi connectivity index (χ2n) is 8.05. The van der Waals surface area contributed by atoms with Gasteiger partial charge in [0, 0.05) is 12.2 Å². The summed E-state index contributed by atoms with van der Waals surface area (Å²) in [5.74, 6) is 1.46. The Morgan fingerprint density at radius 3 is 2.34 bits per heavy atom. The molecule has 0 bridgehead atoms. The van der Waals surface area contributed by atoms with Crippen molar-refractivity contribution in [2.75, 3.05) is 27.2 Å². The van der Waals surface area contributed by atoms with Gasteiger partial charge in [0.25, 0.3) is 0 Å². The van der Waals surface area contributed by atoms with Crippen LogP contribution in [0.25, 0.3) is 6.08 Å². The van der Waals surface area contributed by atoms with Crippen molar-refractivity contribution in [1.82, 2.24) is 9.88 Å². The van der Waals surface area contributed by atoms with Gasteiger partial charge >= 0.3 is 0 Å². The molecule has 0 aliphatic rings. The molecule has 3 aromatic rings. The number of aromatic nitrogens is 1. The van der Waals surface area contributed by atoms with Crippen molar-refractivity contribution in [3.8, 4) is 17.4 Å². The number of hydrogen-bond acceptors (Lipinski definition) is 5. The maximum Gasteiger partial charge on any atom is 0.230 e. The Balaban J connectivity index is 1.89. The van der Waals surface area contributed by atoms with Gasteiger partial charge in [0.05, 0.1) is 5.56 Å². The first-order valence-electron chi connectivity index (χ1n) is 10.8. The van der Waals surface area contributed by atoms with E-state index < -0.39 is 0 Å². The molecule has 0 atom stereocenters. The van der Waals surface area contributed by atoms with E-state index in [9.17, 15) is 4.79 Å². The lowest BCUT2D eigenvalue weighted by Crippen LogP contribution is -2.19. The number of allylic oxidation sites excluding steroid dienone is 1. The van der Waals surface area contributed by atoms with Crippen LogP contribution in [0.4, 0.5) is 0 Å². The Labute approximate surface area is 190 Å². The second kappa shape index (κ2) is 11.3. The Kier molecular flexibility index (Phi) is 8.17. The number of carbonyl (C=O) groups is 1. The van der Waals surface area contributed by atoms with E-state index in [1.807, 2.05) is 79.7 Å². The van der Waals surface area contributed by atoms with Crippen molar-refractivity contribution in [1.29, 1.82) is 0 Å². The number of carbonyl (C=O) groups excluding carboxylic acids is 1. The topological polar surface area (TPSA) is 51.7 Å². The number of nitrogens with zero attached hydrogens (tertiary/aromatic N) is 2. The number of pyridine rings is 1. The minimum atomic E-state index is -0.169. The maximum atomic E-state index is 13.0. The Morgan fingerprint density at radius 2 is 1.66 bits per heavy atom. The lowest BCUT2D eigenvalue weighted by Gasteiger charge is -2.16. The van der Waals surface area contributed by atoms with Gasteiger partial charge in [0.1, 0.15) is 6.61 Å². The monoisotopic (exact) mass is 430 g/mol. The molecule has 32 heavy (non-hydrogen) atoms. The fourth-order valence-electron chi connectivity index (χ4n) is 2.96. The average molecular weight is 431 g/mol. The Bertz CT molecular complexity index is 1060. The van der Waals surface area contributed by atoms with Crippen molar-refractivity contribution in [3.05, 3.63) is 89.6 Å². The van der Waals surface area contributed by atoms with Gasteiger partial charge in [-0.2, -0.15) is 0 Å². The number of benzene rings is 2. The zero-order chi connectivity index (χ0) is 22.9. The van der Waals surface area contributed by atoms with Crippen LogP contribution < -0.4 is 9.47 Å². The molecule has 5 heteroatoms. The van der Waals surface area contributed by atoms with E-state index in [2.05, 4.69) is 18.8 Å². The summed E-state index contributed by atoms with van der Waals surface area (Å²) >= 11 is 0. The molecule has 0 radical (unpaired) electrons. The molecular formula is C27H30N2O3. The van der Waals surface area contributed by atoms with E-state index >= 15 is 0 Å². The molecule has 0 amide bonds. The fraction of sp³-hybridized carbons (Fsp3) is 0.259. The number of rotatable bonds is 10. The standard InChI is InChI=1S/C27H30N2O3/c1-20(2)23-16-15-22(24(30)17-14-21-10-6-5-7-11-21)27(28-23)32-26-13-9-8-12-25(26)31-19-18-29(3)4/h5-17,20H,18-19H2,1-4H3. The molecule has 166 valence electrons. The van der Waals surface area contributed by atoms with Crippen LogP contribution in [0.2, 0.25) is 0 Å². The van der Waals surface area contributed by atoms with Crippen molar-refractivity contribution in [2.45, 2.75) is 19.8 Å². The molecular weight excluding hydrogens is 400 g/mol. The highest BCUT2D eigenvalue weighted by Crippen LogP contribution is 2.33. The quantitative estimate of drug-likeness (QED) is 0.299. The number of likely N-dealkylation sites (N-methyl/N-ethyl adjacent to an activating group) is 1. The van der Waals surface area contributed by atoms with Gasteiger partial charge in [-0.05, 0) is 55.9 Å². The highest BCUT2D eigenvalue weighted by atomic mass is 16.5. The third-order valence-electron chi connectivity index (χ3n) is 4.82. The molecule has 3 rings (SSSR count). The van der Waals surface area contributed by atoms with Gasteiger partial charge in [0.2, 0.25) is 5.88 Å². The lowest BCUT2D eigenvalue weighted by atomic mass is 10.1. The van der Waals surface area contributed by atoms with Gasteiger partial charge in [-0.15, -0.1) is 0 Å². The van der Waals surface area contributed by atoms with Crippen LogP contribution in [0.5, 0.6) is 17.4 Å². The Hall–Kier alpha value is -3.44. The van der Waals surface area contributed by atoms with E-state index in [0.717, 1.165) is 17.8 Å². The molecule has 0 aliphatic heterocycles. The highest BCUT2D eigenvalue weighted by molar-refractivity contribution is 6.08. The van der Waals surface area contributed by atoms with E-state index in [0.29, 0.717) is 23.7 Å². The highest BCUT2D eigenvalue weighted by Gasteiger charge is 2.17. The molecule has 1 aromatic heterocycles. The van der Waals surface area contributed by atoms with Gasteiger partial charge in [-0.1, -0.05) is 62.4 Å². The Morgan fingerprint density at radius 1 is 0.969 bits per heavy atom. The molecule has 0 spiro atoms. The minimum absolute atomic E-state index is 0.169. The number of ether oxygens (including phenoxy) is 2. The molecule has 0 aliphatic carbocycles. The summed E-state index contributed by atoms with van der Waals surface area (Å²) in [5, 5.41) is 0. The molecule has 0 saturated heterocycles. The van der Waals surface area contributed by atoms with Crippen LogP contribution in [0, 0.1) is 0 Å². The van der Waals surface area contributed by atoms with Crippen LogP contribution in [0.3, 0.4) is 0 Å². The molecule has 1 heterocycles. The van der Waals surface area contributed by atoms with Crippen molar-refractivity contribution in [2.24, 2.45) is 0 Å². The third kappa shape index (κ3) is 6.53. The van der Waals surface area contributed by atoms with Crippen molar-refractivity contribution in [3.63, 3.8) is 0 Å². The minimum Gasteiger partial charge on any atom is -0.488 e. The summed E-state index contributed by atoms with van der Waals surface area (Å²) < 4.78 is 12.1. The molecule has 0 N–H and O–H groups in total. The zero-order valence-electron chi connectivity index (χ0n) is 19.1. The number of ketones is 1. The fourth-order valence-corrected chi connectivity index (χ4v) is 2.96. The summed E-state index contributed by atoms with van der Waals surface area (Å²) in [5.41, 5.74) is 2.22. The largest absolute Gasteiger partial charge is 0.488 e. The van der Waals surface area contributed by atoms with Crippen LogP contribution in [-0.2, 0) is 0 Å². The van der Waals surface area contributed by atoms with Crippen LogP contribution in [0.15, 0.2) is 72.8 Å². The van der Waals surface area contributed by atoms with E-state index in [1.54, 1.807) is 18.2 Å². The summed E-state index contributed by atoms with van der Waals surface area (Å²) in [6, 6.07) is 20.8. The van der Waals surface area contributed by atoms with Gasteiger partial charge < -0.3 is 14.4 Å². The predicted octanol–water partition coefficient (Wildman–Crippen LogP) is 5.83. The van der Waals surface area contributed by atoms with Gasteiger partial charge in [-0.25, -0.2) is 4.98 Å². The first-order chi connectivity index (χ1) is 15.4. The third-order valence-corrected chi connectivity index (χ3v) is 4.82. The molecule has 0 fully saturated rings. The zero-order valence-corrected chi connectivity index (χ0v) is 19.1. The SMILES string of the molecule is CC(C)c1ccc(C(=O)C=Cc2ccccc2)c(Oc2ccccc2OCCN(C)C)n1. The lowest BCUT2D eigenvalue weighted by molar-refractivity contribution is 0.104. The molecule has 5 nitrogen and oxygen atoms in total. The first-order valence-corrected chi connectivity index (χ1v) is 10.8. The van der Waals surface area contributed by atoms with Gasteiger partial charge in [0.15, 0.2) is 17.3 Å². The van der Waals surface area contributed by atoms with Crippen molar-refractivity contribution < 1.29 is 14.3 Å². The first kappa shape index (κ1) is 23.2. The number of para-hydroxylation sites is 2. The molecule has 2 aromatic carbocycles. The van der Waals surface area contributed by atoms with Crippen LogP contribution >= 0.6 is 0 Å². The normalized spacial score (nSPS) is 11.3. The predicted molar refractivity (Wildman–Crippen MR) is 129 cm³/mol. The summed E-state index contributed by atoms with van der Waals surface area (Å²) in [4.78, 5) is 19.7. The van der Waals surface area contributed by atoms with E-state index in [-0.39, 0.29) is 17.6 Å². The number of hydrogen-bond donors (Lipinski definition) is 0. The summed E-state index contributed by atoms with van der Waals surface area (Å²) in [6.45, 7) is 5.42. The summed E-state index contributed by atoms with van der Waals surface area (Å²) in [6.07, 6.45) is 3.34. The smallest absolute Gasteiger partial charge is 0.230 e. The van der Waals surface area contributed by atoms with Crippen LogP contribution in [0.1, 0.15) is 41.4 Å². The van der Waals surface area contributed by atoms with Gasteiger partial charge in [-0.3, -0.25) is 4.79 Å².